The van der Waals surface area contributed by atoms with E-state index in [0.29, 0.717) is 6.54 Å². The van der Waals surface area contributed by atoms with Crippen molar-refractivity contribution in [1.82, 2.24) is 9.47 Å². The molecule has 2 heterocycles. The molecule has 2 nitrogen and oxygen atoms in total. The second-order valence-electron chi connectivity index (χ2n) is 7.52. The highest BCUT2D eigenvalue weighted by atomic mass is 32.1. The van der Waals surface area contributed by atoms with E-state index < -0.39 is 0 Å². The zero-order valence-electron chi connectivity index (χ0n) is 16.0. The molecule has 5 rings (SSSR count). The maximum atomic E-state index is 13.4. The molecule has 144 valence electrons. The average molecular weight is 401 g/mol. The van der Waals surface area contributed by atoms with Crippen LogP contribution in [0.2, 0.25) is 0 Å². The molecule has 3 aromatic carbocycles. The van der Waals surface area contributed by atoms with Gasteiger partial charge in [0.1, 0.15) is 10.8 Å². The summed E-state index contributed by atoms with van der Waals surface area (Å²) in [6.45, 7) is 2.41. The van der Waals surface area contributed by atoms with Crippen LogP contribution in [0.5, 0.6) is 0 Å². The maximum absolute atomic E-state index is 13.4. The number of hydrogen-bond donors (Lipinski definition) is 0. The number of aromatic nitrogens is 1. The fourth-order valence-electron chi connectivity index (χ4n) is 4.26. The van der Waals surface area contributed by atoms with Crippen LogP contribution >= 0.6 is 12.2 Å². The van der Waals surface area contributed by atoms with E-state index in [2.05, 4.69) is 58.0 Å². The van der Waals surface area contributed by atoms with Gasteiger partial charge in [-0.15, -0.1) is 0 Å². The molecule has 0 radical (unpaired) electrons. The van der Waals surface area contributed by atoms with Gasteiger partial charge in [-0.1, -0.05) is 72.9 Å². The van der Waals surface area contributed by atoms with Crippen molar-refractivity contribution >= 4 is 28.1 Å². The Hall–Kier alpha value is -2.98. The molecule has 0 N–H and O–H groups in total. The highest BCUT2D eigenvalue weighted by Gasteiger charge is 2.28. The van der Waals surface area contributed by atoms with E-state index in [1.165, 1.54) is 34.2 Å². The molecule has 0 amide bonds. The lowest BCUT2D eigenvalue weighted by Gasteiger charge is -2.31. The fraction of sp³-hybridized carbons (Fsp3) is 0.160. The van der Waals surface area contributed by atoms with Gasteiger partial charge >= 0.3 is 0 Å². The van der Waals surface area contributed by atoms with E-state index in [0.717, 1.165) is 35.8 Å². The van der Waals surface area contributed by atoms with E-state index in [-0.39, 0.29) is 5.82 Å². The number of hydrogen-bond acceptors (Lipinski definition) is 1. The van der Waals surface area contributed by atoms with Gasteiger partial charge < -0.3 is 9.47 Å². The molecular weight excluding hydrogens is 379 g/mol. The lowest BCUT2D eigenvalue weighted by atomic mass is 10.0. The van der Waals surface area contributed by atoms with Gasteiger partial charge in [0.2, 0.25) is 0 Å². The zero-order chi connectivity index (χ0) is 19.8. The number of halogens is 1. The summed E-state index contributed by atoms with van der Waals surface area (Å²) in [5, 5.41) is 1.27. The van der Waals surface area contributed by atoms with Crippen molar-refractivity contribution in [2.75, 3.05) is 6.54 Å². The van der Waals surface area contributed by atoms with Crippen molar-refractivity contribution in [2.24, 2.45) is 0 Å². The third-order valence-electron chi connectivity index (χ3n) is 5.67. The monoisotopic (exact) mass is 400 g/mol. The largest absolute Gasteiger partial charge is 0.356 e. The number of thiocarbonyl (C=S) groups is 1. The van der Waals surface area contributed by atoms with Crippen molar-refractivity contribution in [2.45, 2.75) is 19.5 Å². The zero-order valence-corrected chi connectivity index (χ0v) is 16.8. The van der Waals surface area contributed by atoms with E-state index >= 15 is 0 Å². The van der Waals surface area contributed by atoms with Crippen molar-refractivity contribution in [1.29, 1.82) is 0 Å². The van der Waals surface area contributed by atoms with Gasteiger partial charge in [-0.3, -0.25) is 0 Å². The third-order valence-corrected chi connectivity index (χ3v) is 6.12. The minimum absolute atomic E-state index is 0.210. The molecule has 0 saturated heterocycles. The van der Waals surface area contributed by atoms with E-state index in [1.807, 2.05) is 18.2 Å². The SMILES string of the molecule is Fc1ccc(Cn2c3c(c4ccccc42)CCN(Cc2ccccc2)C3=S)cc1. The first kappa shape index (κ1) is 18.1. The summed E-state index contributed by atoms with van der Waals surface area (Å²) in [4.78, 5) is 3.20. The second-order valence-corrected chi connectivity index (χ2v) is 7.91. The van der Waals surface area contributed by atoms with Gasteiger partial charge in [0, 0.05) is 30.5 Å². The minimum atomic E-state index is -0.210. The van der Waals surface area contributed by atoms with Crippen molar-refractivity contribution in [3.8, 4) is 0 Å². The first-order valence-electron chi connectivity index (χ1n) is 9.88. The van der Waals surface area contributed by atoms with Crippen LogP contribution in [-0.2, 0) is 19.5 Å². The Balaban J connectivity index is 1.57. The molecule has 1 aliphatic rings. The molecule has 0 unspecified atom stereocenters. The molecule has 0 spiro atoms. The molecule has 0 saturated carbocycles. The molecule has 1 aliphatic heterocycles. The van der Waals surface area contributed by atoms with Gasteiger partial charge in [0.25, 0.3) is 0 Å². The lowest BCUT2D eigenvalue weighted by Crippen LogP contribution is -2.37. The average Bonchev–Trinajstić information content (AvgIpc) is 3.07. The van der Waals surface area contributed by atoms with Gasteiger partial charge in [0.15, 0.2) is 0 Å². The summed E-state index contributed by atoms with van der Waals surface area (Å²) >= 11 is 5.99. The summed E-state index contributed by atoms with van der Waals surface area (Å²) in [5.74, 6) is -0.210. The first-order valence-corrected chi connectivity index (χ1v) is 10.3. The highest BCUT2D eigenvalue weighted by molar-refractivity contribution is 7.80. The Labute approximate surface area is 175 Å². The summed E-state index contributed by atoms with van der Waals surface area (Å²) < 4.78 is 15.7. The van der Waals surface area contributed by atoms with E-state index in [9.17, 15) is 4.39 Å². The van der Waals surface area contributed by atoms with Crippen molar-refractivity contribution in [3.05, 3.63) is 107 Å². The minimum Gasteiger partial charge on any atom is -0.356 e. The number of nitrogens with zero attached hydrogens (tertiary/aromatic N) is 2. The summed E-state index contributed by atoms with van der Waals surface area (Å²) in [6, 6.07) is 25.7. The Kier molecular flexibility index (Phi) is 4.64. The van der Waals surface area contributed by atoms with E-state index in [1.54, 1.807) is 0 Å². The summed E-state index contributed by atoms with van der Waals surface area (Å²) in [6.07, 6.45) is 0.971. The predicted octanol–water partition coefficient (Wildman–Crippen LogP) is 5.56. The van der Waals surface area contributed by atoms with Gasteiger partial charge in [-0.05, 0) is 41.3 Å². The quantitative estimate of drug-likeness (QED) is 0.414. The number of fused-ring (bicyclic) bond motifs is 3. The highest BCUT2D eigenvalue weighted by Crippen LogP contribution is 2.32. The Morgan fingerprint density at radius 3 is 2.28 bits per heavy atom. The third kappa shape index (κ3) is 3.34. The van der Waals surface area contributed by atoms with Crippen LogP contribution in [0, 0.1) is 5.82 Å². The van der Waals surface area contributed by atoms with Crippen molar-refractivity contribution < 1.29 is 4.39 Å². The van der Waals surface area contributed by atoms with Crippen LogP contribution in [0.1, 0.15) is 22.4 Å². The van der Waals surface area contributed by atoms with Crippen LogP contribution in [0.15, 0.2) is 78.9 Å². The molecule has 0 aliphatic carbocycles. The van der Waals surface area contributed by atoms with Crippen LogP contribution < -0.4 is 0 Å². The number of para-hydroxylation sites is 1. The Bertz CT molecular complexity index is 1180. The van der Waals surface area contributed by atoms with Gasteiger partial charge in [-0.25, -0.2) is 4.39 Å². The molecule has 4 heteroatoms. The van der Waals surface area contributed by atoms with Crippen LogP contribution in [0.3, 0.4) is 0 Å². The summed E-state index contributed by atoms with van der Waals surface area (Å²) in [5.41, 5.74) is 5.98. The van der Waals surface area contributed by atoms with Gasteiger partial charge in [0.05, 0.1) is 5.69 Å². The molecule has 0 bridgehead atoms. The smallest absolute Gasteiger partial charge is 0.126 e. The Morgan fingerprint density at radius 2 is 1.48 bits per heavy atom. The maximum Gasteiger partial charge on any atom is 0.126 e. The second kappa shape index (κ2) is 7.45. The predicted molar refractivity (Wildman–Crippen MR) is 120 cm³/mol. The van der Waals surface area contributed by atoms with Crippen molar-refractivity contribution in [3.63, 3.8) is 0 Å². The molecule has 0 atom stereocenters. The molecule has 4 aromatic rings. The molecule has 0 fully saturated rings. The van der Waals surface area contributed by atoms with Gasteiger partial charge in [-0.2, -0.15) is 0 Å². The lowest BCUT2D eigenvalue weighted by molar-refractivity contribution is 0.412. The summed E-state index contributed by atoms with van der Waals surface area (Å²) in [7, 11) is 0. The number of benzene rings is 3. The Morgan fingerprint density at radius 1 is 0.793 bits per heavy atom. The van der Waals surface area contributed by atoms with Crippen LogP contribution in [0.4, 0.5) is 4.39 Å². The normalized spacial score (nSPS) is 13.7. The first-order chi connectivity index (χ1) is 14.2. The fourth-order valence-corrected chi connectivity index (χ4v) is 4.65. The number of rotatable bonds is 4. The molecule has 29 heavy (non-hydrogen) atoms. The van der Waals surface area contributed by atoms with Crippen LogP contribution in [-0.4, -0.2) is 21.0 Å². The van der Waals surface area contributed by atoms with E-state index in [4.69, 9.17) is 12.2 Å². The molecular formula is C25H21FN2S. The van der Waals surface area contributed by atoms with Crippen LogP contribution in [0.25, 0.3) is 10.9 Å². The topological polar surface area (TPSA) is 8.17 Å². The standard InChI is InChI=1S/C25H21FN2S/c26-20-12-10-19(11-13-20)17-28-23-9-5-4-8-21(23)22-14-15-27(25(29)24(22)28)16-18-6-2-1-3-7-18/h1-13H,14-17H2. The molecule has 1 aromatic heterocycles.